The zero-order valence-electron chi connectivity index (χ0n) is 8.71. The first-order chi connectivity index (χ1) is 7.61. The van der Waals surface area contributed by atoms with Crippen LogP contribution in [0.2, 0.25) is 5.02 Å². The summed E-state index contributed by atoms with van der Waals surface area (Å²) in [4.78, 5) is 0.494. The second-order valence-electron chi connectivity index (χ2n) is 3.32. The molecule has 1 aromatic rings. The van der Waals surface area contributed by atoms with Crippen LogP contribution in [0.1, 0.15) is 19.3 Å². The van der Waals surface area contributed by atoms with E-state index >= 15 is 0 Å². The van der Waals surface area contributed by atoms with Gasteiger partial charge in [-0.2, -0.15) is 0 Å². The van der Waals surface area contributed by atoms with Crippen molar-refractivity contribution >= 4 is 28.8 Å². The summed E-state index contributed by atoms with van der Waals surface area (Å²) in [7, 11) is 0. The quantitative estimate of drug-likeness (QED) is 0.630. The van der Waals surface area contributed by atoms with E-state index in [2.05, 4.69) is 0 Å². The fourth-order valence-corrected chi connectivity index (χ4v) is 1.49. The molecule has 0 aliphatic carbocycles. The molecule has 0 heterocycles. The number of hydrogen-bond acceptors (Lipinski definition) is 2. The standard InChI is InChI=1S/C11H13ClFNOS/c12-8-4-3-5-9(11(8)13)15-7-2-1-6-10(14)16/h3-5H,1-2,6-7H2,(H2,14,16). The van der Waals surface area contributed by atoms with E-state index in [1.54, 1.807) is 12.1 Å². The maximum Gasteiger partial charge on any atom is 0.183 e. The topological polar surface area (TPSA) is 35.2 Å². The van der Waals surface area contributed by atoms with Crippen LogP contribution >= 0.6 is 23.8 Å². The molecule has 1 rings (SSSR count). The van der Waals surface area contributed by atoms with Gasteiger partial charge < -0.3 is 10.5 Å². The van der Waals surface area contributed by atoms with E-state index in [-0.39, 0.29) is 10.8 Å². The third-order valence-electron chi connectivity index (χ3n) is 1.99. The molecule has 2 nitrogen and oxygen atoms in total. The van der Waals surface area contributed by atoms with Gasteiger partial charge >= 0.3 is 0 Å². The number of rotatable bonds is 6. The van der Waals surface area contributed by atoms with E-state index < -0.39 is 5.82 Å². The largest absolute Gasteiger partial charge is 0.490 e. The summed E-state index contributed by atoms with van der Waals surface area (Å²) < 4.78 is 18.6. The third kappa shape index (κ3) is 4.33. The maximum absolute atomic E-state index is 13.3. The highest BCUT2D eigenvalue weighted by atomic mass is 35.5. The molecule has 2 N–H and O–H groups in total. The van der Waals surface area contributed by atoms with Crippen LogP contribution in [0, 0.1) is 5.82 Å². The van der Waals surface area contributed by atoms with Gasteiger partial charge in [-0.3, -0.25) is 0 Å². The van der Waals surface area contributed by atoms with Crippen molar-refractivity contribution in [3.63, 3.8) is 0 Å². The molecule has 0 bridgehead atoms. The van der Waals surface area contributed by atoms with E-state index in [0.717, 1.165) is 12.8 Å². The van der Waals surface area contributed by atoms with Crippen molar-refractivity contribution in [3.8, 4) is 5.75 Å². The predicted molar refractivity (Wildman–Crippen MR) is 67.5 cm³/mol. The molecule has 1 aromatic carbocycles. The highest BCUT2D eigenvalue weighted by Gasteiger charge is 2.06. The Bertz CT molecular complexity index is 373. The highest BCUT2D eigenvalue weighted by molar-refractivity contribution is 7.80. The van der Waals surface area contributed by atoms with E-state index in [1.165, 1.54) is 6.07 Å². The first-order valence-electron chi connectivity index (χ1n) is 4.96. The average molecular weight is 262 g/mol. The fraction of sp³-hybridized carbons (Fsp3) is 0.364. The number of hydrogen-bond donors (Lipinski definition) is 1. The monoisotopic (exact) mass is 261 g/mol. The van der Waals surface area contributed by atoms with Crippen molar-refractivity contribution in [1.29, 1.82) is 0 Å². The van der Waals surface area contributed by atoms with Crippen LogP contribution in [0.4, 0.5) is 4.39 Å². The van der Waals surface area contributed by atoms with Crippen LogP contribution in [0.3, 0.4) is 0 Å². The zero-order chi connectivity index (χ0) is 12.0. The lowest BCUT2D eigenvalue weighted by Gasteiger charge is -2.07. The molecule has 0 radical (unpaired) electrons. The molecule has 16 heavy (non-hydrogen) atoms. The summed E-state index contributed by atoms with van der Waals surface area (Å²) in [5.74, 6) is -0.332. The van der Waals surface area contributed by atoms with Gasteiger partial charge in [0.05, 0.1) is 16.6 Å². The molecule has 5 heteroatoms. The lowest BCUT2D eigenvalue weighted by molar-refractivity contribution is 0.293. The summed E-state index contributed by atoms with van der Waals surface area (Å²) in [6.45, 7) is 0.430. The summed E-state index contributed by atoms with van der Waals surface area (Å²) in [5.41, 5.74) is 5.34. The Morgan fingerprint density at radius 1 is 1.44 bits per heavy atom. The lowest BCUT2D eigenvalue weighted by Crippen LogP contribution is -2.08. The van der Waals surface area contributed by atoms with Crippen LogP contribution < -0.4 is 10.5 Å². The normalized spacial score (nSPS) is 10.1. The number of halogens is 2. The van der Waals surface area contributed by atoms with Crippen molar-refractivity contribution < 1.29 is 9.13 Å². The Hall–Kier alpha value is -0.870. The van der Waals surface area contributed by atoms with Crippen LogP contribution in [0.15, 0.2) is 18.2 Å². The second kappa shape index (κ2) is 6.66. The van der Waals surface area contributed by atoms with Crippen LogP contribution in [0.5, 0.6) is 5.75 Å². The van der Waals surface area contributed by atoms with Gasteiger partial charge in [0.15, 0.2) is 11.6 Å². The van der Waals surface area contributed by atoms with E-state index in [4.69, 9.17) is 34.3 Å². The molecule has 88 valence electrons. The molecule has 0 aliphatic heterocycles. The van der Waals surface area contributed by atoms with Gasteiger partial charge in [0.1, 0.15) is 0 Å². The summed E-state index contributed by atoms with van der Waals surface area (Å²) in [6.07, 6.45) is 2.32. The molecular formula is C11H13ClFNOS. The third-order valence-corrected chi connectivity index (χ3v) is 2.49. The smallest absolute Gasteiger partial charge is 0.183 e. The first-order valence-corrected chi connectivity index (χ1v) is 5.75. The minimum absolute atomic E-state index is 0.0700. The SMILES string of the molecule is NC(=S)CCCCOc1cccc(Cl)c1F. The molecule has 0 amide bonds. The Kier molecular flexibility index (Phi) is 5.49. The molecule has 0 saturated heterocycles. The number of ether oxygens (including phenoxy) is 1. The Balaban J connectivity index is 2.32. The van der Waals surface area contributed by atoms with E-state index in [1.807, 2.05) is 0 Å². The first kappa shape index (κ1) is 13.2. The maximum atomic E-state index is 13.3. The Labute approximate surface area is 105 Å². The summed E-state index contributed by atoms with van der Waals surface area (Å²) in [5, 5.41) is 0.0700. The molecule has 0 unspecified atom stereocenters. The van der Waals surface area contributed by atoms with Gasteiger partial charge in [0.25, 0.3) is 0 Å². The van der Waals surface area contributed by atoms with Gasteiger partial charge in [0, 0.05) is 0 Å². The van der Waals surface area contributed by atoms with E-state index in [0.29, 0.717) is 18.0 Å². The Morgan fingerprint density at radius 2 is 2.19 bits per heavy atom. The molecule has 0 spiro atoms. The molecule has 0 aliphatic rings. The molecule has 0 fully saturated rings. The number of unbranched alkanes of at least 4 members (excludes halogenated alkanes) is 1. The summed E-state index contributed by atoms with van der Waals surface area (Å²) >= 11 is 10.3. The van der Waals surface area contributed by atoms with Gasteiger partial charge in [0.2, 0.25) is 0 Å². The minimum atomic E-state index is -0.515. The number of benzene rings is 1. The highest BCUT2D eigenvalue weighted by Crippen LogP contribution is 2.24. The van der Waals surface area contributed by atoms with Gasteiger partial charge in [-0.05, 0) is 31.4 Å². The zero-order valence-corrected chi connectivity index (χ0v) is 10.3. The summed E-state index contributed by atoms with van der Waals surface area (Å²) in [6, 6.07) is 4.68. The van der Waals surface area contributed by atoms with Gasteiger partial charge in [-0.15, -0.1) is 0 Å². The molecule has 0 aromatic heterocycles. The number of nitrogens with two attached hydrogens (primary N) is 1. The van der Waals surface area contributed by atoms with Gasteiger partial charge in [-0.1, -0.05) is 29.9 Å². The lowest BCUT2D eigenvalue weighted by atomic mass is 10.2. The predicted octanol–water partition coefficient (Wildman–Crippen LogP) is 3.31. The van der Waals surface area contributed by atoms with Crippen molar-refractivity contribution in [2.75, 3.05) is 6.61 Å². The van der Waals surface area contributed by atoms with Crippen LogP contribution in [-0.4, -0.2) is 11.6 Å². The van der Waals surface area contributed by atoms with Crippen molar-refractivity contribution in [2.45, 2.75) is 19.3 Å². The van der Waals surface area contributed by atoms with Gasteiger partial charge in [-0.25, -0.2) is 4.39 Å². The Morgan fingerprint density at radius 3 is 2.88 bits per heavy atom. The van der Waals surface area contributed by atoms with E-state index in [9.17, 15) is 4.39 Å². The van der Waals surface area contributed by atoms with Crippen LogP contribution in [0.25, 0.3) is 0 Å². The van der Waals surface area contributed by atoms with Crippen molar-refractivity contribution in [3.05, 3.63) is 29.0 Å². The minimum Gasteiger partial charge on any atom is -0.490 e. The average Bonchev–Trinajstić information content (AvgIpc) is 2.23. The molecule has 0 atom stereocenters. The fourth-order valence-electron chi connectivity index (χ4n) is 1.18. The van der Waals surface area contributed by atoms with Crippen LogP contribution in [-0.2, 0) is 0 Å². The van der Waals surface area contributed by atoms with Crippen molar-refractivity contribution in [1.82, 2.24) is 0 Å². The second-order valence-corrected chi connectivity index (χ2v) is 4.26. The molecular weight excluding hydrogens is 249 g/mol. The number of thiocarbonyl (C=S) groups is 1. The molecule has 0 saturated carbocycles. The van der Waals surface area contributed by atoms with Crippen molar-refractivity contribution in [2.24, 2.45) is 5.73 Å².